The van der Waals surface area contributed by atoms with Crippen molar-refractivity contribution in [3.63, 3.8) is 0 Å². The van der Waals surface area contributed by atoms with Gasteiger partial charge in [0.2, 0.25) is 5.91 Å². The standard InChI is InChI=1S/C18H27N2O10P/c1-10(17(24)27-3)20-31(26,30-12-7-5-4-6-8-12)28-9-13-15(22)16(23)14(18(25)29-13)19-11(2)21/h4-8,10,13-16,18,22-23,25H,9H2,1-3H3,(H,19,21)(H,20,26)/t10-,13?,14+,15-,16+,18?,31?/m0/s1. The molecule has 1 amide bonds. The van der Waals surface area contributed by atoms with E-state index in [2.05, 4.69) is 15.1 Å². The van der Waals surface area contributed by atoms with Crippen molar-refractivity contribution in [3.8, 4) is 5.75 Å². The molecule has 3 unspecified atom stereocenters. The van der Waals surface area contributed by atoms with E-state index in [1.807, 2.05) is 0 Å². The molecule has 13 heteroatoms. The molecule has 0 aromatic heterocycles. The lowest BCUT2D eigenvalue weighted by Gasteiger charge is -2.40. The number of benzene rings is 1. The van der Waals surface area contributed by atoms with Crippen LogP contribution in [0.5, 0.6) is 5.75 Å². The second-order valence-corrected chi connectivity index (χ2v) is 8.54. The van der Waals surface area contributed by atoms with Crippen molar-refractivity contribution >= 4 is 19.6 Å². The highest BCUT2D eigenvalue weighted by Gasteiger charge is 2.45. The van der Waals surface area contributed by atoms with Crippen molar-refractivity contribution in [2.24, 2.45) is 0 Å². The Balaban J connectivity index is 2.12. The predicted molar refractivity (Wildman–Crippen MR) is 106 cm³/mol. The molecule has 1 saturated heterocycles. The minimum Gasteiger partial charge on any atom is -0.468 e. The Morgan fingerprint density at radius 3 is 2.42 bits per heavy atom. The number of methoxy groups -OCH3 is 1. The Morgan fingerprint density at radius 2 is 1.84 bits per heavy atom. The molecule has 174 valence electrons. The fourth-order valence-electron chi connectivity index (χ4n) is 2.82. The maximum Gasteiger partial charge on any atom is 0.459 e. The highest BCUT2D eigenvalue weighted by atomic mass is 31.2. The van der Waals surface area contributed by atoms with E-state index in [0.717, 1.165) is 7.11 Å². The summed E-state index contributed by atoms with van der Waals surface area (Å²) in [5.41, 5.74) is 0. The molecule has 7 atom stereocenters. The van der Waals surface area contributed by atoms with Crippen LogP contribution in [0.2, 0.25) is 0 Å². The lowest BCUT2D eigenvalue weighted by Crippen LogP contribution is -2.64. The van der Waals surface area contributed by atoms with E-state index >= 15 is 0 Å². The number of carbonyl (C=O) groups excluding carboxylic acids is 2. The van der Waals surface area contributed by atoms with Crippen molar-refractivity contribution in [3.05, 3.63) is 30.3 Å². The van der Waals surface area contributed by atoms with Gasteiger partial charge in [-0.3, -0.25) is 14.1 Å². The van der Waals surface area contributed by atoms with Crippen LogP contribution in [0.1, 0.15) is 13.8 Å². The summed E-state index contributed by atoms with van der Waals surface area (Å²) in [6, 6.07) is 5.66. The number of hydrogen-bond acceptors (Lipinski definition) is 10. The van der Waals surface area contributed by atoms with Gasteiger partial charge in [0.25, 0.3) is 0 Å². The molecule has 31 heavy (non-hydrogen) atoms. The van der Waals surface area contributed by atoms with Gasteiger partial charge in [-0.1, -0.05) is 18.2 Å². The van der Waals surface area contributed by atoms with Crippen LogP contribution < -0.4 is 14.9 Å². The molecule has 5 N–H and O–H groups in total. The SMILES string of the molecule is COC(=O)[C@H](C)NP(=O)(OCC1OC(O)[C@H](NC(C)=O)[C@@H](O)[C@H]1O)Oc1ccccc1. The van der Waals surface area contributed by atoms with Crippen molar-refractivity contribution < 1.29 is 48.0 Å². The Bertz CT molecular complexity index is 795. The number of aliphatic hydroxyl groups is 3. The number of aliphatic hydroxyl groups excluding tert-OH is 3. The van der Waals surface area contributed by atoms with Crippen molar-refractivity contribution in [1.29, 1.82) is 0 Å². The van der Waals surface area contributed by atoms with Crippen molar-refractivity contribution in [2.45, 2.75) is 50.5 Å². The average Bonchev–Trinajstić information content (AvgIpc) is 2.72. The molecule has 12 nitrogen and oxygen atoms in total. The molecule has 1 fully saturated rings. The van der Waals surface area contributed by atoms with Gasteiger partial charge < -0.3 is 34.6 Å². The molecule has 0 bridgehead atoms. The molecular formula is C18H27N2O10P. The van der Waals surface area contributed by atoms with Gasteiger partial charge in [0.15, 0.2) is 6.29 Å². The van der Waals surface area contributed by atoms with E-state index < -0.39 is 62.9 Å². The minimum absolute atomic E-state index is 0.173. The highest BCUT2D eigenvalue weighted by Crippen LogP contribution is 2.45. The summed E-state index contributed by atoms with van der Waals surface area (Å²) < 4.78 is 33.8. The van der Waals surface area contributed by atoms with Crippen molar-refractivity contribution in [2.75, 3.05) is 13.7 Å². The Kier molecular flexibility index (Phi) is 8.95. The fourth-order valence-corrected chi connectivity index (χ4v) is 4.32. The first-order valence-corrected chi connectivity index (χ1v) is 10.9. The lowest BCUT2D eigenvalue weighted by atomic mass is 9.97. The quantitative estimate of drug-likeness (QED) is 0.232. The summed E-state index contributed by atoms with van der Waals surface area (Å²) in [7, 11) is -3.05. The zero-order valence-electron chi connectivity index (χ0n) is 17.2. The summed E-state index contributed by atoms with van der Waals surface area (Å²) in [4.78, 5) is 22.9. The lowest BCUT2D eigenvalue weighted by molar-refractivity contribution is -0.252. The second kappa shape index (κ2) is 11.0. The van der Waals surface area contributed by atoms with Crippen LogP contribution in [0.25, 0.3) is 0 Å². The van der Waals surface area contributed by atoms with Crippen LogP contribution in [0.4, 0.5) is 0 Å². The predicted octanol–water partition coefficient (Wildman–Crippen LogP) is -0.715. The van der Waals surface area contributed by atoms with Crippen LogP contribution in [-0.2, 0) is 28.2 Å². The number of para-hydroxylation sites is 1. The molecule has 2 rings (SSSR count). The third-order valence-corrected chi connectivity index (χ3v) is 6.02. The molecule has 0 aliphatic carbocycles. The summed E-state index contributed by atoms with van der Waals surface area (Å²) in [6.45, 7) is 1.97. The molecule has 1 aromatic rings. The topological polar surface area (TPSA) is 173 Å². The average molecular weight is 462 g/mol. The van der Waals surface area contributed by atoms with Crippen LogP contribution >= 0.6 is 7.75 Å². The second-order valence-electron chi connectivity index (χ2n) is 6.84. The molecule has 1 aliphatic heterocycles. The molecule has 1 aromatic carbocycles. The molecular weight excluding hydrogens is 435 g/mol. The van der Waals surface area contributed by atoms with Crippen molar-refractivity contribution in [1.82, 2.24) is 10.4 Å². The number of esters is 1. The first kappa shape index (κ1) is 25.2. The zero-order chi connectivity index (χ0) is 23.2. The van der Waals surface area contributed by atoms with Crippen LogP contribution in [0.15, 0.2) is 30.3 Å². The third-order valence-electron chi connectivity index (χ3n) is 4.37. The summed E-state index contributed by atoms with van der Waals surface area (Å²) in [5.74, 6) is -1.10. The Hall–Kier alpha value is -2.05. The maximum atomic E-state index is 13.3. The number of ether oxygens (including phenoxy) is 2. The Morgan fingerprint density at radius 1 is 1.19 bits per heavy atom. The van der Waals surface area contributed by atoms with E-state index in [-0.39, 0.29) is 5.75 Å². The first-order chi connectivity index (χ1) is 14.6. The van der Waals surface area contributed by atoms with Gasteiger partial charge in [0.05, 0.1) is 13.7 Å². The number of nitrogens with one attached hydrogen (secondary N) is 2. The zero-order valence-corrected chi connectivity index (χ0v) is 18.1. The highest BCUT2D eigenvalue weighted by molar-refractivity contribution is 7.52. The first-order valence-electron chi connectivity index (χ1n) is 9.38. The van der Waals surface area contributed by atoms with Gasteiger partial charge in [-0.2, -0.15) is 5.09 Å². The molecule has 1 aliphatic rings. The largest absolute Gasteiger partial charge is 0.468 e. The number of hydrogen-bond donors (Lipinski definition) is 5. The smallest absolute Gasteiger partial charge is 0.459 e. The maximum absolute atomic E-state index is 13.3. The number of carbonyl (C=O) groups is 2. The summed E-state index contributed by atoms with van der Waals surface area (Å²) in [6.07, 6.45) is -6.16. The van der Waals surface area contributed by atoms with Gasteiger partial charge in [0, 0.05) is 6.92 Å². The van der Waals surface area contributed by atoms with Gasteiger partial charge in [-0.05, 0) is 19.1 Å². The summed E-state index contributed by atoms with van der Waals surface area (Å²) >= 11 is 0. The van der Waals surface area contributed by atoms with Crippen LogP contribution in [0.3, 0.4) is 0 Å². The number of amides is 1. The molecule has 1 heterocycles. The fraction of sp³-hybridized carbons (Fsp3) is 0.556. The van der Waals surface area contributed by atoms with Gasteiger partial charge in [-0.15, -0.1) is 0 Å². The molecule has 0 saturated carbocycles. The van der Waals surface area contributed by atoms with Gasteiger partial charge in [-0.25, -0.2) is 4.57 Å². The monoisotopic (exact) mass is 462 g/mol. The van der Waals surface area contributed by atoms with Crippen LogP contribution in [0, 0.1) is 0 Å². The Labute approximate surface area is 179 Å². The summed E-state index contributed by atoms with van der Waals surface area (Å²) in [5, 5.41) is 35.2. The minimum atomic E-state index is -4.21. The van der Waals surface area contributed by atoms with E-state index in [4.69, 9.17) is 13.8 Å². The van der Waals surface area contributed by atoms with Gasteiger partial charge >= 0.3 is 13.7 Å². The normalized spacial score (nSPS) is 28.8. The van der Waals surface area contributed by atoms with E-state index in [1.54, 1.807) is 18.2 Å². The third kappa shape index (κ3) is 6.97. The van der Waals surface area contributed by atoms with Crippen LogP contribution in [-0.4, -0.2) is 77.6 Å². The molecule has 0 spiro atoms. The molecule has 0 radical (unpaired) electrons. The number of rotatable bonds is 9. The van der Waals surface area contributed by atoms with E-state index in [0.29, 0.717) is 0 Å². The van der Waals surface area contributed by atoms with E-state index in [9.17, 15) is 29.5 Å². The van der Waals surface area contributed by atoms with E-state index in [1.165, 1.54) is 26.0 Å². The van der Waals surface area contributed by atoms with Gasteiger partial charge in [0.1, 0.15) is 36.1 Å².